The fourth-order valence-corrected chi connectivity index (χ4v) is 2.68. The number of hydrogen-bond donors (Lipinski definition) is 3. The van der Waals surface area contributed by atoms with Gasteiger partial charge in [0.25, 0.3) is 0 Å². The van der Waals surface area contributed by atoms with Gasteiger partial charge in [-0.2, -0.15) is 5.10 Å². The number of guanidine groups is 1. The summed E-state index contributed by atoms with van der Waals surface area (Å²) in [6, 6.07) is 8.51. The van der Waals surface area contributed by atoms with Crippen LogP contribution in [0.15, 0.2) is 35.5 Å². The molecule has 0 saturated heterocycles. The second-order valence-corrected chi connectivity index (χ2v) is 5.87. The zero-order chi connectivity index (χ0) is 17.2. The number of aromatic amines is 1. The minimum Gasteiger partial charge on any atom is -0.357 e. The van der Waals surface area contributed by atoms with Gasteiger partial charge in [0.2, 0.25) is 0 Å². The molecule has 0 unspecified atom stereocenters. The Balaban J connectivity index is 0.00000312. The first-order valence-electron chi connectivity index (χ1n) is 8.82. The maximum Gasteiger partial charge on any atom is 0.191 e. The maximum atomic E-state index is 4.72. The average Bonchev–Trinajstić information content (AvgIpc) is 3.01. The van der Waals surface area contributed by atoms with Crippen molar-refractivity contribution in [2.45, 2.75) is 46.6 Å². The predicted molar refractivity (Wildman–Crippen MR) is 116 cm³/mol. The van der Waals surface area contributed by atoms with E-state index >= 15 is 0 Å². The number of nitrogens with one attached hydrogen (secondary N) is 3. The number of hydrogen-bond acceptors (Lipinski definition) is 2. The topological polar surface area (TPSA) is 65.1 Å². The normalized spacial score (nSPS) is 11.1. The number of benzene rings is 1. The minimum absolute atomic E-state index is 0. The van der Waals surface area contributed by atoms with Gasteiger partial charge in [-0.3, -0.25) is 5.10 Å². The van der Waals surface area contributed by atoms with Crippen LogP contribution < -0.4 is 10.6 Å². The van der Waals surface area contributed by atoms with Crippen molar-refractivity contribution in [2.75, 3.05) is 13.1 Å². The van der Waals surface area contributed by atoms with E-state index in [-0.39, 0.29) is 24.0 Å². The zero-order valence-corrected chi connectivity index (χ0v) is 17.8. The fourth-order valence-electron chi connectivity index (χ4n) is 2.68. The highest BCUT2D eigenvalue weighted by atomic mass is 127. The summed E-state index contributed by atoms with van der Waals surface area (Å²) < 4.78 is 0. The van der Waals surface area contributed by atoms with Crippen LogP contribution in [-0.4, -0.2) is 29.2 Å². The lowest BCUT2D eigenvalue weighted by molar-refractivity contribution is 0.741. The Labute approximate surface area is 168 Å². The molecule has 1 heterocycles. The van der Waals surface area contributed by atoms with Crippen LogP contribution in [0.3, 0.4) is 0 Å². The number of aliphatic imine (C=N–C) groups is 1. The van der Waals surface area contributed by atoms with E-state index in [9.17, 15) is 0 Å². The van der Waals surface area contributed by atoms with Gasteiger partial charge in [0.15, 0.2) is 5.96 Å². The summed E-state index contributed by atoms with van der Waals surface area (Å²) in [5, 5.41) is 13.8. The van der Waals surface area contributed by atoms with Crippen LogP contribution in [-0.2, 0) is 19.4 Å². The van der Waals surface area contributed by atoms with E-state index in [1.165, 1.54) is 16.7 Å². The van der Waals surface area contributed by atoms with Crippen molar-refractivity contribution in [1.82, 2.24) is 20.8 Å². The maximum absolute atomic E-state index is 4.72. The third-order valence-corrected chi connectivity index (χ3v) is 4.10. The van der Waals surface area contributed by atoms with Crippen LogP contribution in [0.2, 0.25) is 0 Å². The molecular weight excluding hydrogens is 425 g/mol. The van der Waals surface area contributed by atoms with E-state index in [1.54, 1.807) is 0 Å². The SMILES string of the molecule is CCNC(=NCc1ccccc1CC)NCCCc1cn[nH]c1C.I. The molecule has 138 valence electrons. The summed E-state index contributed by atoms with van der Waals surface area (Å²) in [5.74, 6) is 0.882. The van der Waals surface area contributed by atoms with Crippen LogP contribution in [0.25, 0.3) is 0 Å². The van der Waals surface area contributed by atoms with Crippen molar-refractivity contribution in [3.63, 3.8) is 0 Å². The first-order valence-corrected chi connectivity index (χ1v) is 8.82. The number of rotatable bonds is 8. The number of nitrogens with zero attached hydrogens (tertiary/aromatic N) is 2. The van der Waals surface area contributed by atoms with E-state index in [2.05, 4.69) is 65.9 Å². The number of aromatic nitrogens is 2. The fraction of sp³-hybridized carbons (Fsp3) is 0.474. The van der Waals surface area contributed by atoms with Gasteiger partial charge in [-0.05, 0) is 49.8 Å². The molecule has 3 N–H and O–H groups in total. The standard InChI is InChI=1S/C19H29N5.HI/c1-4-16-9-6-7-10-18(16)13-22-19(20-5-2)21-12-8-11-17-14-23-24-15(17)3;/h6-7,9-10,14H,4-5,8,11-13H2,1-3H3,(H,23,24)(H2,20,21,22);1H. The number of H-pyrrole nitrogens is 1. The molecule has 0 aliphatic heterocycles. The van der Waals surface area contributed by atoms with Gasteiger partial charge in [0.1, 0.15) is 0 Å². The summed E-state index contributed by atoms with van der Waals surface area (Å²) in [5.41, 5.74) is 5.11. The summed E-state index contributed by atoms with van der Waals surface area (Å²) in [6.07, 6.45) is 5.03. The average molecular weight is 455 g/mol. The molecule has 1 aromatic carbocycles. The molecule has 0 radical (unpaired) electrons. The highest BCUT2D eigenvalue weighted by Crippen LogP contribution is 2.10. The van der Waals surface area contributed by atoms with Crippen molar-refractivity contribution >= 4 is 29.9 Å². The molecule has 0 aliphatic rings. The van der Waals surface area contributed by atoms with E-state index in [0.717, 1.165) is 44.0 Å². The lowest BCUT2D eigenvalue weighted by Gasteiger charge is -2.12. The van der Waals surface area contributed by atoms with Gasteiger partial charge >= 0.3 is 0 Å². The van der Waals surface area contributed by atoms with Crippen LogP contribution in [0.4, 0.5) is 0 Å². The molecular formula is C19H30IN5. The van der Waals surface area contributed by atoms with E-state index in [4.69, 9.17) is 4.99 Å². The van der Waals surface area contributed by atoms with Gasteiger partial charge in [0, 0.05) is 18.8 Å². The Kier molecular flexibility index (Phi) is 10.2. The molecule has 0 saturated carbocycles. The van der Waals surface area contributed by atoms with Gasteiger partial charge in [-0.1, -0.05) is 31.2 Å². The third-order valence-electron chi connectivity index (χ3n) is 4.10. The van der Waals surface area contributed by atoms with Crippen molar-refractivity contribution in [2.24, 2.45) is 4.99 Å². The molecule has 1 aromatic heterocycles. The lowest BCUT2D eigenvalue weighted by atomic mass is 10.1. The van der Waals surface area contributed by atoms with Gasteiger partial charge in [-0.15, -0.1) is 24.0 Å². The molecule has 0 atom stereocenters. The molecule has 0 bridgehead atoms. The summed E-state index contributed by atoms with van der Waals surface area (Å²) in [6.45, 7) is 8.80. The quantitative estimate of drug-likeness (QED) is 0.247. The van der Waals surface area contributed by atoms with Crippen molar-refractivity contribution in [3.05, 3.63) is 52.8 Å². The van der Waals surface area contributed by atoms with Crippen LogP contribution >= 0.6 is 24.0 Å². The summed E-state index contributed by atoms with van der Waals surface area (Å²) in [4.78, 5) is 4.72. The van der Waals surface area contributed by atoms with Gasteiger partial charge in [-0.25, -0.2) is 4.99 Å². The molecule has 0 fully saturated rings. The number of halogens is 1. The van der Waals surface area contributed by atoms with E-state index in [1.807, 2.05) is 6.20 Å². The summed E-state index contributed by atoms with van der Waals surface area (Å²) >= 11 is 0. The predicted octanol–water partition coefficient (Wildman–Crippen LogP) is 3.59. The van der Waals surface area contributed by atoms with E-state index in [0.29, 0.717) is 6.54 Å². The highest BCUT2D eigenvalue weighted by molar-refractivity contribution is 14.0. The Bertz CT molecular complexity index is 651. The minimum atomic E-state index is 0. The molecule has 0 amide bonds. The smallest absolute Gasteiger partial charge is 0.191 e. The van der Waals surface area contributed by atoms with Crippen LogP contribution in [0.5, 0.6) is 0 Å². The molecule has 5 nitrogen and oxygen atoms in total. The Morgan fingerprint density at radius 2 is 1.88 bits per heavy atom. The summed E-state index contributed by atoms with van der Waals surface area (Å²) in [7, 11) is 0. The Morgan fingerprint density at radius 1 is 1.12 bits per heavy atom. The molecule has 6 heteroatoms. The molecule has 0 aliphatic carbocycles. The van der Waals surface area contributed by atoms with E-state index < -0.39 is 0 Å². The largest absolute Gasteiger partial charge is 0.357 e. The van der Waals surface area contributed by atoms with Crippen molar-refractivity contribution in [1.29, 1.82) is 0 Å². The molecule has 2 rings (SSSR count). The highest BCUT2D eigenvalue weighted by Gasteiger charge is 2.02. The van der Waals surface area contributed by atoms with Gasteiger partial charge < -0.3 is 10.6 Å². The van der Waals surface area contributed by atoms with Crippen molar-refractivity contribution < 1.29 is 0 Å². The lowest BCUT2D eigenvalue weighted by Crippen LogP contribution is -2.37. The van der Waals surface area contributed by atoms with Crippen molar-refractivity contribution in [3.8, 4) is 0 Å². The van der Waals surface area contributed by atoms with Gasteiger partial charge in [0.05, 0.1) is 12.7 Å². The van der Waals surface area contributed by atoms with Crippen LogP contribution in [0, 0.1) is 6.92 Å². The monoisotopic (exact) mass is 455 g/mol. The Morgan fingerprint density at radius 3 is 2.52 bits per heavy atom. The first kappa shape index (κ1) is 21.5. The first-order chi connectivity index (χ1) is 11.7. The molecule has 2 aromatic rings. The molecule has 0 spiro atoms. The third kappa shape index (κ3) is 7.05. The van der Waals surface area contributed by atoms with Crippen LogP contribution in [0.1, 0.15) is 42.7 Å². The second-order valence-electron chi connectivity index (χ2n) is 5.87. The molecule has 25 heavy (non-hydrogen) atoms. The zero-order valence-electron chi connectivity index (χ0n) is 15.4. The Hall–Kier alpha value is -1.57. The number of aryl methyl sites for hydroxylation is 3. The second kappa shape index (κ2) is 11.9.